The zero-order valence-electron chi connectivity index (χ0n) is 17.1. The fourth-order valence-corrected chi connectivity index (χ4v) is 3.69. The van der Waals surface area contributed by atoms with Crippen LogP contribution in [0.3, 0.4) is 0 Å². The largest absolute Gasteiger partial charge is 0.497 e. The normalized spacial score (nSPS) is 10.6. The summed E-state index contributed by atoms with van der Waals surface area (Å²) in [5, 5.41) is 0. The lowest BCUT2D eigenvalue weighted by atomic mass is 9.86. The van der Waals surface area contributed by atoms with Crippen LogP contribution in [0.4, 0.5) is 11.4 Å². The van der Waals surface area contributed by atoms with Gasteiger partial charge in [-0.2, -0.15) is 0 Å². The number of hydrogen-bond acceptors (Lipinski definition) is 4. The summed E-state index contributed by atoms with van der Waals surface area (Å²) in [6.07, 6.45) is 0. The lowest BCUT2D eigenvalue weighted by Gasteiger charge is -2.19. The Labute approximate surface area is 176 Å². The van der Waals surface area contributed by atoms with Gasteiger partial charge in [0.15, 0.2) is 0 Å². The predicted octanol–water partition coefficient (Wildman–Crippen LogP) is 5.87. The molecule has 0 saturated heterocycles. The minimum atomic E-state index is 0.695. The molecule has 0 unspecified atom stereocenters. The molecular formula is C26H24N2O2. The minimum Gasteiger partial charge on any atom is -0.497 e. The molecule has 0 aliphatic rings. The van der Waals surface area contributed by atoms with Crippen LogP contribution in [0, 0.1) is 0 Å². The van der Waals surface area contributed by atoms with Crippen molar-refractivity contribution in [3.63, 3.8) is 0 Å². The van der Waals surface area contributed by atoms with Crippen LogP contribution in [0.2, 0.25) is 0 Å². The first kappa shape index (κ1) is 19.4. The third kappa shape index (κ3) is 3.67. The molecule has 0 amide bonds. The van der Waals surface area contributed by atoms with Crippen LogP contribution in [0.5, 0.6) is 11.5 Å². The molecule has 0 heterocycles. The quantitative estimate of drug-likeness (QED) is 0.414. The van der Waals surface area contributed by atoms with Crippen LogP contribution >= 0.6 is 0 Å². The Bertz CT molecular complexity index is 1180. The minimum absolute atomic E-state index is 0.695. The lowest BCUT2D eigenvalue weighted by Crippen LogP contribution is -1.97. The number of ether oxygens (including phenoxy) is 2. The average molecular weight is 396 g/mol. The third-order valence-electron chi connectivity index (χ3n) is 5.18. The van der Waals surface area contributed by atoms with Gasteiger partial charge in [-0.05, 0) is 70.3 Å². The Kier molecular flexibility index (Phi) is 5.31. The van der Waals surface area contributed by atoms with Gasteiger partial charge in [-0.25, -0.2) is 0 Å². The highest BCUT2D eigenvalue weighted by molar-refractivity contribution is 6.00. The molecule has 0 saturated carbocycles. The highest BCUT2D eigenvalue weighted by Crippen LogP contribution is 2.44. The van der Waals surface area contributed by atoms with Crippen LogP contribution in [0.1, 0.15) is 0 Å². The van der Waals surface area contributed by atoms with E-state index in [2.05, 4.69) is 12.1 Å². The number of anilines is 2. The van der Waals surface area contributed by atoms with Crippen molar-refractivity contribution in [2.75, 3.05) is 25.7 Å². The highest BCUT2D eigenvalue weighted by Gasteiger charge is 2.18. The summed E-state index contributed by atoms with van der Waals surface area (Å²) in [6.45, 7) is 0. The van der Waals surface area contributed by atoms with Crippen LogP contribution in [0.15, 0.2) is 84.9 Å². The second-order valence-corrected chi connectivity index (χ2v) is 7.04. The molecule has 4 heteroatoms. The van der Waals surface area contributed by atoms with Gasteiger partial charge in [0, 0.05) is 16.9 Å². The van der Waals surface area contributed by atoms with Gasteiger partial charge >= 0.3 is 0 Å². The molecule has 0 bridgehead atoms. The zero-order chi connectivity index (χ0) is 21.1. The van der Waals surface area contributed by atoms with Crippen LogP contribution in [-0.4, -0.2) is 14.2 Å². The first-order valence-electron chi connectivity index (χ1n) is 9.68. The van der Waals surface area contributed by atoms with E-state index in [1.54, 1.807) is 14.2 Å². The molecule has 0 aliphatic heterocycles. The third-order valence-corrected chi connectivity index (χ3v) is 5.18. The summed E-state index contributed by atoms with van der Waals surface area (Å²) in [4.78, 5) is 0. The van der Waals surface area contributed by atoms with E-state index < -0.39 is 0 Å². The van der Waals surface area contributed by atoms with Crippen LogP contribution < -0.4 is 20.9 Å². The zero-order valence-corrected chi connectivity index (χ0v) is 17.1. The van der Waals surface area contributed by atoms with Crippen LogP contribution in [-0.2, 0) is 0 Å². The van der Waals surface area contributed by atoms with Gasteiger partial charge in [-0.3, -0.25) is 0 Å². The Hall–Kier alpha value is -3.92. The van der Waals surface area contributed by atoms with E-state index >= 15 is 0 Å². The molecule has 150 valence electrons. The summed E-state index contributed by atoms with van der Waals surface area (Å²) in [5.74, 6) is 1.57. The monoisotopic (exact) mass is 396 g/mol. The molecule has 4 aromatic rings. The van der Waals surface area contributed by atoms with E-state index in [4.69, 9.17) is 20.9 Å². The van der Waals surface area contributed by atoms with E-state index in [1.807, 2.05) is 72.8 Å². The second kappa shape index (κ2) is 8.21. The van der Waals surface area contributed by atoms with Gasteiger partial charge in [0.2, 0.25) is 0 Å². The summed E-state index contributed by atoms with van der Waals surface area (Å²) >= 11 is 0. The fourth-order valence-electron chi connectivity index (χ4n) is 3.69. The molecule has 0 fully saturated rings. The van der Waals surface area contributed by atoms with Crippen molar-refractivity contribution in [1.82, 2.24) is 0 Å². The van der Waals surface area contributed by atoms with Gasteiger partial charge in [0.05, 0.1) is 14.2 Å². The van der Waals surface area contributed by atoms with E-state index in [1.165, 1.54) is 0 Å². The van der Waals surface area contributed by atoms with Gasteiger partial charge in [-0.1, -0.05) is 42.5 Å². The lowest BCUT2D eigenvalue weighted by molar-refractivity contribution is 0.415. The number of nitrogen functional groups attached to an aromatic ring is 2. The number of nitrogens with two attached hydrogens (primary N) is 2. The van der Waals surface area contributed by atoms with Gasteiger partial charge in [0.25, 0.3) is 0 Å². The van der Waals surface area contributed by atoms with Crippen molar-refractivity contribution in [3.8, 4) is 44.9 Å². The summed E-state index contributed by atoms with van der Waals surface area (Å²) in [7, 11) is 3.33. The standard InChI is InChI=1S/C26H24N2O2/c1-29-21-7-3-5-18(15-21)25-23(17-9-11-20(27)12-10-17)13-14-24(28)26(25)19-6-4-8-22(16-19)30-2/h3-16H,27-28H2,1-2H3. The van der Waals surface area contributed by atoms with E-state index in [0.29, 0.717) is 5.69 Å². The highest BCUT2D eigenvalue weighted by atomic mass is 16.5. The molecule has 0 radical (unpaired) electrons. The molecule has 30 heavy (non-hydrogen) atoms. The molecule has 4 N–H and O–H groups in total. The smallest absolute Gasteiger partial charge is 0.119 e. The average Bonchev–Trinajstić information content (AvgIpc) is 2.79. The maximum atomic E-state index is 6.53. The number of hydrogen-bond donors (Lipinski definition) is 2. The summed E-state index contributed by atoms with van der Waals surface area (Å²) in [5.41, 5.74) is 20.0. The summed E-state index contributed by atoms with van der Waals surface area (Å²) in [6, 6.07) is 27.8. The van der Waals surface area contributed by atoms with E-state index in [9.17, 15) is 0 Å². The molecule has 4 rings (SSSR count). The van der Waals surface area contributed by atoms with E-state index in [-0.39, 0.29) is 0 Å². The molecular weight excluding hydrogens is 372 g/mol. The van der Waals surface area contributed by atoms with Crippen molar-refractivity contribution in [2.24, 2.45) is 0 Å². The van der Waals surface area contributed by atoms with Gasteiger partial charge < -0.3 is 20.9 Å². The first-order chi connectivity index (χ1) is 14.6. The Morgan fingerprint density at radius 1 is 0.567 bits per heavy atom. The molecule has 0 atom stereocenters. The molecule has 0 aromatic heterocycles. The van der Waals surface area contributed by atoms with Gasteiger partial charge in [-0.15, -0.1) is 0 Å². The topological polar surface area (TPSA) is 70.5 Å². The van der Waals surface area contributed by atoms with E-state index in [0.717, 1.165) is 50.6 Å². The number of methoxy groups -OCH3 is 2. The molecule has 4 nitrogen and oxygen atoms in total. The molecule has 4 aromatic carbocycles. The molecule has 0 spiro atoms. The molecule has 0 aliphatic carbocycles. The van der Waals surface area contributed by atoms with Crippen molar-refractivity contribution in [3.05, 3.63) is 84.9 Å². The second-order valence-electron chi connectivity index (χ2n) is 7.04. The first-order valence-corrected chi connectivity index (χ1v) is 9.68. The Balaban J connectivity index is 2.05. The van der Waals surface area contributed by atoms with Crippen molar-refractivity contribution < 1.29 is 9.47 Å². The summed E-state index contributed by atoms with van der Waals surface area (Å²) < 4.78 is 10.9. The Morgan fingerprint density at radius 3 is 1.70 bits per heavy atom. The van der Waals surface area contributed by atoms with Crippen molar-refractivity contribution >= 4 is 11.4 Å². The fraction of sp³-hybridized carbons (Fsp3) is 0.0769. The van der Waals surface area contributed by atoms with Gasteiger partial charge in [0.1, 0.15) is 11.5 Å². The van der Waals surface area contributed by atoms with Crippen molar-refractivity contribution in [1.29, 1.82) is 0 Å². The maximum absolute atomic E-state index is 6.53. The Morgan fingerprint density at radius 2 is 1.13 bits per heavy atom. The number of rotatable bonds is 5. The van der Waals surface area contributed by atoms with Crippen LogP contribution in [0.25, 0.3) is 33.4 Å². The van der Waals surface area contributed by atoms with Crippen molar-refractivity contribution in [2.45, 2.75) is 0 Å². The predicted molar refractivity (Wildman–Crippen MR) is 125 cm³/mol. The number of benzene rings is 4. The SMILES string of the molecule is COc1cccc(-c2c(N)ccc(-c3ccc(N)cc3)c2-c2cccc(OC)c2)c1. The maximum Gasteiger partial charge on any atom is 0.119 e.